The van der Waals surface area contributed by atoms with Crippen LogP contribution in [-0.4, -0.2) is 52.8 Å². The van der Waals surface area contributed by atoms with Crippen LogP contribution in [0.15, 0.2) is 60.9 Å². The first-order chi connectivity index (χ1) is 20.6. The first kappa shape index (κ1) is 30.2. The predicted molar refractivity (Wildman–Crippen MR) is 166 cm³/mol. The molecular formula is C32H35ClFN5O4. The first-order valence-corrected chi connectivity index (χ1v) is 14.5. The SMILES string of the molecule is COc1cc2ncnc(Nc3ccc(OCc4cccc(F)c4)c(Cl)c3)c2cc1NC1CCN(C(=O)OC(C)(C)C)CC1. The minimum atomic E-state index is -0.524. The maximum absolute atomic E-state index is 13.5. The molecule has 4 aromatic rings. The van der Waals surface area contributed by atoms with Gasteiger partial charge in [-0.1, -0.05) is 23.7 Å². The van der Waals surface area contributed by atoms with E-state index in [1.165, 1.54) is 18.5 Å². The Hall–Kier alpha value is -4.31. The van der Waals surface area contributed by atoms with Crippen molar-refractivity contribution in [3.05, 3.63) is 77.3 Å². The third-order valence-corrected chi connectivity index (χ3v) is 7.24. The third-order valence-electron chi connectivity index (χ3n) is 6.94. The van der Waals surface area contributed by atoms with Gasteiger partial charge < -0.3 is 29.7 Å². The van der Waals surface area contributed by atoms with Crippen LogP contribution in [0, 0.1) is 5.82 Å². The van der Waals surface area contributed by atoms with E-state index in [4.69, 9.17) is 25.8 Å². The van der Waals surface area contributed by atoms with Gasteiger partial charge in [-0.25, -0.2) is 19.2 Å². The van der Waals surface area contributed by atoms with Gasteiger partial charge in [-0.05, 0) is 75.6 Å². The molecule has 0 atom stereocenters. The van der Waals surface area contributed by atoms with E-state index >= 15 is 0 Å². The minimum absolute atomic E-state index is 0.143. The highest BCUT2D eigenvalue weighted by Crippen LogP contribution is 2.35. The zero-order valence-corrected chi connectivity index (χ0v) is 25.4. The Bertz CT molecular complexity index is 1600. The second-order valence-electron chi connectivity index (χ2n) is 11.4. The molecule has 9 nitrogen and oxygen atoms in total. The fraction of sp³-hybridized carbons (Fsp3) is 0.344. The van der Waals surface area contributed by atoms with Gasteiger partial charge in [0.05, 0.1) is 23.3 Å². The van der Waals surface area contributed by atoms with Crippen LogP contribution in [0.1, 0.15) is 39.2 Å². The van der Waals surface area contributed by atoms with E-state index in [9.17, 15) is 9.18 Å². The summed E-state index contributed by atoms with van der Waals surface area (Å²) in [6.45, 7) is 6.99. The number of piperidine rings is 1. The van der Waals surface area contributed by atoms with Gasteiger partial charge in [0.1, 0.15) is 41.7 Å². The molecule has 0 unspecified atom stereocenters. The molecule has 0 aliphatic carbocycles. The third kappa shape index (κ3) is 7.75. The number of hydrogen-bond donors (Lipinski definition) is 2. The average molecular weight is 608 g/mol. The van der Waals surface area contributed by atoms with Gasteiger partial charge in [0, 0.05) is 36.3 Å². The van der Waals surface area contributed by atoms with Crippen molar-refractivity contribution < 1.29 is 23.4 Å². The summed E-state index contributed by atoms with van der Waals surface area (Å²) >= 11 is 6.52. The van der Waals surface area contributed by atoms with Gasteiger partial charge >= 0.3 is 6.09 Å². The molecule has 2 N–H and O–H groups in total. The number of nitrogens with zero attached hydrogens (tertiary/aromatic N) is 3. The summed E-state index contributed by atoms with van der Waals surface area (Å²) in [5, 5.41) is 8.12. The van der Waals surface area contributed by atoms with Crippen molar-refractivity contribution in [3.8, 4) is 11.5 Å². The molecule has 0 saturated carbocycles. The molecule has 11 heteroatoms. The van der Waals surface area contributed by atoms with Gasteiger partial charge in [0.15, 0.2) is 0 Å². The number of methoxy groups -OCH3 is 1. The van der Waals surface area contributed by atoms with E-state index in [0.717, 1.165) is 23.9 Å². The quantitative estimate of drug-likeness (QED) is 0.212. The van der Waals surface area contributed by atoms with Crippen molar-refractivity contribution in [2.45, 2.75) is 51.9 Å². The van der Waals surface area contributed by atoms with Crippen molar-refractivity contribution >= 4 is 45.8 Å². The van der Waals surface area contributed by atoms with Crippen molar-refractivity contribution in [3.63, 3.8) is 0 Å². The number of halogens is 2. The number of carbonyl (C=O) groups is 1. The summed E-state index contributed by atoms with van der Waals surface area (Å²) in [5.74, 6) is 1.43. The van der Waals surface area contributed by atoms with Gasteiger partial charge in [0.2, 0.25) is 0 Å². The molecule has 226 valence electrons. The number of carbonyl (C=O) groups excluding carboxylic acids is 1. The lowest BCUT2D eigenvalue weighted by molar-refractivity contribution is 0.0210. The minimum Gasteiger partial charge on any atom is -0.495 e. The molecule has 1 aliphatic rings. The van der Waals surface area contributed by atoms with E-state index in [2.05, 4.69) is 20.6 Å². The second-order valence-corrected chi connectivity index (χ2v) is 11.8. The Kier molecular flexibility index (Phi) is 9.05. The number of benzene rings is 3. The number of nitrogens with one attached hydrogen (secondary N) is 2. The molecular weight excluding hydrogens is 573 g/mol. The fourth-order valence-corrected chi connectivity index (χ4v) is 5.07. The van der Waals surface area contributed by atoms with E-state index < -0.39 is 5.60 Å². The highest BCUT2D eigenvalue weighted by Gasteiger charge is 2.27. The van der Waals surface area contributed by atoms with Gasteiger partial charge in [-0.15, -0.1) is 0 Å². The van der Waals surface area contributed by atoms with Crippen LogP contribution in [0.4, 0.5) is 26.4 Å². The number of fused-ring (bicyclic) bond motifs is 1. The number of amides is 1. The Balaban J connectivity index is 1.29. The Morgan fingerprint density at radius 3 is 2.56 bits per heavy atom. The summed E-state index contributed by atoms with van der Waals surface area (Å²) in [6.07, 6.45) is 2.74. The van der Waals surface area contributed by atoms with Crippen molar-refractivity contribution in [1.82, 2.24) is 14.9 Å². The highest BCUT2D eigenvalue weighted by molar-refractivity contribution is 6.32. The number of aromatic nitrogens is 2. The highest BCUT2D eigenvalue weighted by atomic mass is 35.5. The van der Waals surface area contributed by atoms with E-state index in [1.807, 2.05) is 39.0 Å². The van der Waals surface area contributed by atoms with Crippen LogP contribution in [0.25, 0.3) is 10.9 Å². The molecule has 0 spiro atoms. The van der Waals surface area contributed by atoms with Crippen LogP contribution in [0.2, 0.25) is 5.02 Å². The fourth-order valence-electron chi connectivity index (χ4n) is 4.84. The van der Waals surface area contributed by atoms with Crippen LogP contribution in [-0.2, 0) is 11.3 Å². The Labute approximate surface area is 255 Å². The molecule has 0 bridgehead atoms. The zero-order valence-electron chi connectivity index (χ0n) is 24.6. The zero-order chi connectivity index (χ0) is 30.6. The van der Waals surface area contributed by atoms with Crippen LogP contribution in [0.5, 0.6) is 11.5 Å². The van der Waals surface area contributed by atoms with Crippen LogP contribution < -0.4 is 20.1 Å². The van der Waals surface area contributed by atoms with Crippen LogP contribution in [0.3, 0.4) is 0 Å². The number of rotatable bonds is 8. The van der Waals surface area contributed by atoms with Gasteiger partial charge in [-0.3, -0.25) is 0 Å². The predicted octanol–water partition coefficient (Wildman–Crippen LogP) is 7.56. The number of hydrogen-bond acceptors (Lipinski definition) is 8. The molecule has 3 aromatic carbocycles. The summed E-state index contributed by atoms with van der Waals surface area (Å²) in [7, 11) is 1.62. The number of anilines is 3. The molecule has 1 aliphatic heterocycles. The standard InChI is InChI=1S/C32H35ClFN5O4/c1-32(2,3)43-31(40)39-12-10-22(11-13-39)37-27-16-24-26(17-29(27)41-4)35-19-36-30(24)38-23-8-9-28(25(33)15-23)42-18-20-6-5-7-21(34)14-20/h5-9,14-17,19,22,37H,10-13,18H2,1-4H3,(H,35,36,38). The molecule has 1 amide bonds. The van der Waals surface area contributed by atoms with E-state index in [1.54, 1.807) is 36.3 Å². The van der Waals surface area contributed by atoms with Crippen molar-refractivity contribution in [2.75, 3.05) is 30.8 Å². The normalized spacial score (nSPS) is 14.0. The summed E-state index contributed by atoms with van der Waals surface area (Å²) in [5.41, 5.74) is 2.41. The Morgan fingerprint density at radius 2 is 1.86 bits per heavy atom. The monoisotopic (exact) mass is 607 g/mol. The first-order valence-electron chi connectivity index (χ1n) is 14.1. The smallest absolute Gasteiger partial charge is 0.410 e. The number of likely N-dealkylation sites (tertiary alicyclic amines) is 1. The maximum Gasteiger partial charge on any atom is 0.410 e. The van der Waals surface area contributed by atoms with E-state index in [0.29, 0.717) is 52.2 Å². The van der Waals surface area contributed by atoms with Crippen molar-refractivity contribution in [2.24, 2.45) is 0 Å². The molecule has 1 aromatic heterocycles. The van der Waals surface area contributed by atoms with Crippen LogP contribution >= 0.6 is 11.6 Å². The van der Waals surface area contributed by atoms with Gasteiger partial charge in [0.25, 0.3) is 0 Å². The molecule has 2 heterocycles. The lowest BCUT2D eigenvalue weighted by Crippen LogP contribution is -2.44. The topological polar surface area (TPSA) is 97.8 Å². The summed E-state index contributed by atoms with van der Waals surface area (Å²) in [6, 6.07) is 15.6. The number of ether oxygens (including phenoxy) is 3. The largest absolute Gasteiger partial charge is 0.495 e. The molecule has 1 saturated heterocycles. The second kappa shape index (κ2) is 12.9. The molecule has 5 rings (SSSR count). The lowest BCUT2D eigenvalue weighted by Gasteiger charge is -2.34. The van der Waals surface area contributed by atoms with Gasteiger partial charge in [-0.2, -0.15) is 0 Å². The summed E-state index contributed by atoms with van der Waals surface area (Å²) in [4.78, 5) is 23.1. The molecule has 0 radical (unpaired) electrons. The molecule has 43 heavy (non-hydrogen) atoms. The maximum atomic E-state index is 13.5. The lowest BCUT2D eigenvalue weighted by atomic mass is 10.0. The average Bonchev–Trinajstić information content (AvgIpc) is 2.96. The van der Waals surface area contributed by atoms with Crippen molar-refractivity contribution in [1.29, 1.82) is 0 Å². The molecule has 1 fully saturated rings. The summed E-state index contributed by atoms with van der Waals surface area (Å²) < 4.78 is 30.5. The Morgan fingerprint density at radius 1 is 1.07 bits per heavy atom. The van der Waals surface area contributed by atoms with E-state index in [-0.39, 0.29) is 24.6 Å².